The Labute approximate surface area is 151 Å². The largest absolute Gasteiger partial charge is 0.416 e. The Morgan fingerprint density at radius 3 is 1.70 bits per heavy atom. The molecule has 0 aliphatic heterocycles. The number of alkyl halides is 6. The summed E-state index contributed by atoms with van der Waals surface area (Å²) in [6, 6.07) is 4.52. The molecule has 0 bridgehead atoms. The van der Waals surface area contributed by atoms with Crippen LogP contribution in [0.15, 0.2) is 24.3 Å². The van der Waals surface area contributed by atoms with Crippen LogP contribution in [0.2, 0.25) is 18.1 Å². The molecule has 1 rings (SSSR count). The van der Waals surface area contributed by atoms with E-state index in [1.807, 2.05) is 33.9 Å². The molecule has 1 unspecified atom stereocenters. The molecule has 0 saturated carbocycles. The van der Waals surface area contributed by atoms with Crippen LogP contribution < -0.4 is 0 Å². The van der Waals surface area contributed by atoms with Gasteiger partial charge in [0.25, 0.3) is 0 Å². The smallest absolute Gasteiger partial charge is 0.406 e. The Morgan fingerprint density at radius 2 is 1.39 bits per heavy atom. The molecule has 132 valence electrons. The Kier molecular flexibility index (Phi) is 6.19. The van der Waals surface area contributed by atoms with Gasteiger partial charge in [-0.15, -0.1) is 0 Å². The highest BCUT2D eigenvalue weighted by Crippen LogP contribution is 2.48. The van der Waals surface area contributed by atoms with E-state index in [2.05, 4.69) is 0 Å². The van der Waals surface area contributed by atoms with Crippen molar-refractivity contribution in [2.45, 2.75) is 55.0 Å². The average Bonchev–Trinajstić information content (AvgIpc) is 2.32. The van der Waals surface area contributed by atoms with Crippen molar-refractivity contribution in [2.75, 3.05) is 0 Å². The molecule has 0 radical (unpaired) electrons. The summed E-state index contributed by atoms with van der Waals surface area (Å²) in [4.78, 5) is 0. The molecular formula is C15H20Cl3F3OSi. The lowest BCUT2D eigenvalue weighted by atomic mass is 10.1. The van der Waals surface area contributed by atoms with E-state index in [0.29, 0.717) is 5.56 Å². The second kappa shape index (κ2) is 6.75. The van der Waals surface area contributed by atoms with Gasteiger partial charge in [-0.05, 0) is 35.8 Å². The lowest BCUT2D eigenvalue weighted by Crippen LogP contribution is -2.44. The highest BCUT2D eigenvalue weighted by molar-refractivity contribution is 6.74. The van der Waals surface area contributed by atoms with E-state index in [9.17, 15) is 13.2 Å². The van der Waals surface area contributed by atoms with E-state index in [1.54, 1.807) is 0 Å². The van der Waals surface area contributed by atoms with E-state index in [1.165, 1.54) is 12.1 Å². The highest BCUT2D eigenvalue weighted by atomic mass is 35.6. The molecule has 0 saturated heterocycles. The van der Waals surface area contributed by atoms with Crippen molar-refractivity contribution in [1.82, 2.24) is 0 Å². The number of rotatable bonds is 3. The second-order valence-corrected chi connectivity index (χ2v) is 14.0. The van der Waals surface area contributed by atoms with E-state index in [-0.39, 0.29) is 5.04 Å². The third-order valence-electron chi connectivity index (χ3n) is 4.06. The molecule has 0 spiro atoms. The molecule has 0 aliphatic carbocycles. The van der Waals surface area contributed by atoms with Crippen LogP contribution in [0.5, 0.6) is 0 Å². The minimum atomic E-state index is -4.41. The first-order chi connectivity index (χ1) is 10.1. The number of hydrogen-bond donors (Lipinski definition) is 0. The monoisotopic (exact) mass is 406 g/mol. The number of hydrogen-bond acceptors (Lipinski definition) is 1. The van der Waals surface area contributed by atoms with Crippen molar-refractivity contribution < 1.29 is 17.6 Å². The zero-order chi connectivity index (χ0) is 18.3. The predicted octanol–water partition coefficient (Wildman–Crippen LogP) is 7.14. The molecule has 1 nitrogen and oxygen atoms in total. The summed E-state index contributed by atoms with van der Waals surface area (Å²) in [5.74, 6) is 0. The molecule has 0 aromatic heterocycles. The minimum absolute atomic E-state index is 0.132. The first-order valence-electron chi connectivity index (χ1n) is 6.97. The van der Waals surface area contributed by atoms with Crippen LogP contribution >= 0.6 is 34.8 Å². The van der Waals surface area contributed by atoms with Gasteiger partial charge in [-0.3, -0.25) is 0 Å². The molecule has 0 fully saturated rings. The summed E-state index contributed by atoms with van der Waals surface area (Å²) in [5.41, 5.74) is -0.348. The van der Waals surface area contributed by atoms with Crippen molar-refractivity contribution >= 4 is 43.1 Å². The Morgan fingerprint density at radius 1 is 0.957 bits per heavy atom. The molecule has 1 aromatic carbocycles. The second-order valence-electron chi connectivity index (χ2n) is 6.92. The van der Waals surface area contributed by atoms with Crippen LogP contribution in [0, 0.1) is 0 Å². The molecule has 1 atom stereocenters. The van der Waals surface area contributed by atoms with Gasteiger partial charge >= 0.3 is 6.18 Å². The summed E-state index contributed by atoms with van der Waals surface area (Å²) in [6.07, 6.45) is -5.34. The van der Waals surface area contributed by atoms with Crippen molar-refractivity contribution in [2.24, 2.45) is 0 Å². The first kappa shape index (κ1) is 21.1. The van der Waals surface area contributed by atoms with E-state index >= 15 is 0 Å². The van der Waals surface area contributed by atoms with Crippen molar-refractivity contribution in [3.8, 4) is 0 Å². The predicted molar refractivity (Wildman–Crippen MR) is 92.8 cm³/mol. The standard InChI is InChI=1S/C15H20Cl3F3OSi/c1-13(2,3)23(4,5)22-12(14(16,17)18)10-6-8-11(9-7-10)15(19,20)21/h6-9,12H,1-5H3. The van der Waals surface area contributed by atoms with Crippen LogP contribution in [0.3, 0.4) is 0 Å². The van der Waals surface area contributed by atoms with Crippen LogP contribution in [0.1, 0.15) is 38.0 Å². The van der Waals surface area contributed by atoms with Gasteiger partial charge < -0.3 is 4.43 Å². The van der Waals surface area contributed by atoms with Crippen LogP contribution in [-0.2, 0) is 10.6 Å². The van der Waals surface area contributed by atoms with Gasteiger partial charge in [0, 0.05) is 0 Å². The lowest BCUT2D eigenvalue weighted by molar-refractivity contribution is -0.137. The minimum Gasteiger partial charge on any atom is -0.406 e. The van der Waals surface area contributed by atoms with Gasteiger partial charge in [-0.1, -0.05) is 67.7 Å². The summed E-state index contributed by atoms with van der Waals surface area (Å²) in [5, 5.41) is -0.132. The van der Waals surface area contributed by atoms with Crippen molar-refractivity contribution in [3.63, 3.8) is 0 Å². The fourth-order valence-electron chi connectivity index (χ4n) is 1.64. The third kappa shape index (κ3) is 5.53. The lowest BCUT2D eigenvalue weighted by Gasteiger charge is -2.41. The quantitative estimate of drug-likeness (QED) is 0.382. The Balaban J connectivity index is 3.19. The third-order valence-corrected chi connectivity index (χ3v) is 9.09. The zero-order valence-electron chi connectivity index (χ0n) is 13.6. The van der Waals surface area contributed by atoms with Gasteiger partial charge in [-0.2, -0.15) is 13.2 Å². The topological polar surface area (TPSA) is 9.23 Å². The van der Waals surface area contributed by atoms with Gasteiger partial charge in [0.1, 0.15) is 6.10 Å². The molecule has 23 heavy (non-hydrogen) atoms. The normalized spacial score (nSPS) is 15.6. The van der Waals surface area contributed by atoms with Gasteiger partial charge in [0.05, 0.1) is 5.56 Å². The Hall–Kier alpha value is 0.0569. The fraction of sp³-hybridized carbons (Fsp3) is 0.600. The van der Waals surface area contributed by atoms with Crippen LogP contribution in [0.4, 0.5) is 13.2 Å². The number of halogens is 6. The molecule has 8 heteroatoms. The molecule has 0 amide bonds. The summed E-state index contributed by atoms with van der Waals surface area (Å²) in [7, 11) is -2.29. The maximum Gasteiger partial charge on any atom is 0.416 e. The van der Waals surface area contributed by atoms with E-state index < -0.39 is 30.0 Å². The van der Waals surface area contributed by atoms with Crippen molar-refractivity contribution in [1.29, 1.82) is 0 Å². The van der Waals surface area contributed by atoms with Gasteiger partial charge in [0.15, 0.2) is 8.32 Å². The average molecular weight is 408 g/mol. The van der Waals surface area contributed by atoms with Gasteiger partial charge in [-0.25, -0.2) is 0 Å². The summed E-state index contributed by atoms with van der Waals surface area (Å²) < 4.78 is 42.4. The van der Waals surface area contributed by atoms with E-state index in [0.717, 1.165) is 12.1 Å². The molecular weight excluding hydrogens is 388 g/mol. The first-order valence-corrected chi connectivity index (χ1v) is 11.0. The maximum absolute atomic E-state index is 12.7. The summed E-state index contributed by atoms with van der Waals surface area (Å²) in [6.45, 7) is 10.1. The molecule has 1 aromatic rings. The van der Waals surface area contributed by atoms with Crippen LogP contribution in [-0.4, -0.2) is 12.1 Å². The fourth-order valence-corrected chi connectivity index (χ4v) is 3.63. The molecule has 0 heterocycles. The summed E-state index contributed by atoms with van der Waals surface area (Å²) >= 11 is 18.1. The van der Waals surface area contributed by atoms with E-state index in [4.69, 9.17) is 39.2 Å². The maximum atomic E-state index is 12.7. The molecule has 0 N–H and O–H groups in total. The highest BCUT2D eigenvalue weighted by Gasteiger charge is 2.45. The zero-order valence-corrected chi connectivity index (χ0v) is 16.8. The Bertz CT molecular complexity index is 531. The van der Waals surface area contributed by atoms with Crippen LogP contribution in [0.25, 0.3) is 0 Å². The SMILES string of the molecule is CC(C)(C)[Si](C)(C)OC(c1ccc(C(F)(F)F)cc1)C(Cl)(Cl)Cl. The van der Waals surface area contributed by atoms with Gasteiger partial charge in [0.2, 0.25) is 3.79 Å². The van der Waals surface area contributed by atoms with Crippen molar-refractivity contribution in [3.05, 3.63) is 35.4 Å². The number of benzene rings is 1. The molecule has 0 aliphatic rings.